The van der Waals surface area contributed by atoms with Crippen molar-refractivity contribution in [1.29, 1.82) is 10.5 Å². The Morgan fingerprint density at radius 3 is 1.54 bits per heavy atom. The van der Waals surface area contributed by atoms with E-state index in [2.05, 4.69) is 56.1 Å². The summed E-state index contributed by atoms with van der Waals surface area (Å²) in [5.41, 5.74) is 6.73. The predicted octanol–water partition coefficient (Wildman–Crippen LogP) is 8.38. The molecule has 220 valence electrons. The van der Waals surface area contributed by atoms with Gasteiger partial charge in [0.2, 0.25) is 0 Å². The highest BCUT2D eigenvalue weighted by molar-refractivity contribution is 5.93. The van der Waals surface area contributed by atoms with Gasteiger partial charge in [0, 0.05) is 31.3 Å². The molecule has 0 fully saturated rings. The van der Waals surface area contributed by atoms with E-state index in [-0.39, 0.29) is 6.01 Å². The van der Waals surface area contributed by atoms with Crippen LogP contribution in [0.1, 0.15) is 11.1 Å². The molecule has 9 nitrogen and oxygen atoms in total. The number of rotatable bonds is 6. The molecule has 0 bridgehead atoms. The minimum absolute atomic E-state index is 0.0631. The minimum Gasteiger partial charge on any atom is -0.453 e. The first-order chi connectivity index (χ1) is 22.5. The van der Waals surface area contributed by atoms with Crippen molar-refractivity contribution in [2.45, 2.75) is 0 Å². The average Bonchev–Trinajstić information content (AvgIpc) is 3.11. The van der Waals surface area contributed by atoms with E-state index >= 15 is 0 Å². The quantitative estimate of drug-likeness (QED) is 0.186. The van der Waals surface area contributed by atoms with Crippen molar-refractivity contribution in [3.05, 3.63) is 126 Å². The predicted molar refractivity (Wildman–Crippen MR) is 176 cm³/mol. The summed E-state index contributed by atoms with van der Waals surface area (Å²) in [5.74, 6) is 2.28. The Morgan fingerprint density at radius 2 is 1.00 bits per heavy atom. The maximum absolute atomic E-state index is 9.25. The largest absolute Gasteiger partial charge is 0.453 e. The van der Waals surface area contributed by atoms with Gasteiger partial charge in [-0.05, 0) is 84.9 Å². The van der Waals surface area contributed by atoms with Crippen LogP contribution in [0.15, 0.2) is 115 Å². The summed E-state index contributed by atoms with van der Waals surface area (Å²) in [6.07, 6.45) is 0. The van der Waals surface area contributed by atoms with E-state index in [0.717, 1.165) is 22.7 Å². The van der Waals surface area contributed by atoms with E-state index in [4.69, 9.17) is 9.47 Å². The number of fused-ring (bicyclic) bond motifs is 2. The van der Waals surface area contributed by atoms with Crippen LogP contribution in [-0.4, -0.2) is 29.0 Å². The lowest BCUT2D eigenvalue weighted by Gasteiger charge is -2.36. The van der Waals surface area contributed by atoms with Gasteiger partial charge < -0.3 is 19.3 Å². The third-order valence-electron chi connectivity index (χ3n) is 7.71. The monoisotopic (exact) mass is 599 g/mol. The van der Waals surface area contributed by atoms with Crippen LogP contribution < -0.4 is 19.3 Å². The Bertz CT molecular complexity index is 2090. The van der Waals surface area contributed by atoms with Crippen LogP contribution in [0.5, 0.6) is 23.3 Å². The second kappa shape index (κ2) is 11.8. The molecule has 2 heterocycles. The molecule has 0 spiro atoms. The number of para-hydroxylation sites is 4. The van der Waals surface area contributed by atoms with Crippen molar-refractivity contribution in [3.63, 3.8) is 0 Å². The van der Waals surface area contributed by atoms with Gasteiger partial charge in [0.05, 0.1) is 46.0 Å². The Labute approximate surface area is 265 Å². The Balaban J connectivity index is 1.23. The van der Waals surface area contributed by atoms with E-state index in [0.29, 0.717) is 51.2 Å². The smallest absolute Gasteiger partial charge is 0.326 e. The lowest BCUT2D eigenvalue weighted by Crippen LogP contribution is -2.24. The minimum atomic E-state index is 0.0631. The van der Waals surface area contributed by atoms with Crippen molar-refractivity contribution in [1.82, 2.24) is 15.0 Å². The second-order valence-electron chi connectivity index (χ2n) is 10.6. The highest BCUT2D eigenvalue weighted by Gasteiger charge is 2.24. The molecule has 0 N–H and O–H groups in total. The molecule has 0 atom stereocenters. The summed E-state index contributed by atoms with van der Waals surface area (Å²) < 4.78 is 12.7. The molecule has 1 aromatic heterocycles. The molecule has 0 saturated carbocycles. The fourth-order valence-corrected chi connectivity index (χ4v) is 5.30. The maximum Gasteiger partial charge on any atom is 0.326 e. The van der Waals surface area contributed by atoms with E-state index in [1.165, 1.54) is 0 Å². The van der Waals surface area contributed by atoms with E-state index in [1.807, 2.05) is 55.6 Å². The molecular formula is C37H25N7O2. The third-order valence-corrected chi connectivity index (χ3v) is 7.71. The van der Waals surface area contributed by atoms with E-state index in [1.54, 1.807) is 54.6 Å². The van der Waals surface area contributed by atoms with Crippen molar-refractivity contribution in [2.24, 2.45) is 0 Å². The molecular weight excluding hydrogens is 574 g/mol. The molecule has 0 saturated heterocycles. The Hall–Kier alpha value is -6.71. The number of benzene rings is 5. The molecule has 1 aliphatic heterocycles. The number of aromatic nitrogens is 3. The Kier molecular flexibility index (Phi) is 7.18. The topological polar surface area (TPSA) is 111 Å². The van der Waals surface area contributed by atoms with Crippen molar-refractivity contribution in [3.8, 4) is 58.2 Å². The molecule has 0 radical (unpaired) electrons. The molecule has 0 amide bonds. The number of hydrogen-bond donors (Lipinski definition) is 0. The number of anilines is 4. The van der Waals surface area contributed by atoms with Crippen LogP contribution in [-0.2, 0) is 0 Å². The van der Waals surface area contributed by atoms with Crippen LogP contribution in [0.2, 0.25) is 0 Å². The lowest BCUT2D eigenvalue weighted by atomic mass is 10.1. The molecule has 0 aliphatic carbocycles. The van der Waals surface area contributed by atoms with Gasteiger partial charge >= 0.3 is 6.01 Å². The number of hydrogen-bond acceptors (Lipinski definition) is 9. The fraction of sp³-hybridized carbons (Fsp3) is 0.0541. The number of nitriles is 2. The zero-order valence-electron chi connectivity index (χ0n) is 24.9. The zero-order chi connectivity index (χ0) is 31.6. The highest BCUT2D eigenvalue weighted by atomic mass is 16.5. The molecule has 9 heteroatoms. The van der Waals surface area contributed by atoms with Gasteiger partial charge in [-0.15, -0.1) is 0 Å². The van der Waals surface area contributed by atoms with Gasteiger partial charge in [-0.25, -0.2) is 4.98 Å². The van der Waals surface area contributed by atoms with E-state index < -0.39 is 0 Å². The maximum atomic E-state index is 9.25. The summed E-state index contributed by atoms with van der Waals surface area (Å²) in [6, 6.07) is 39.8. The first-order valence-electron chi connectivity index (χ1n) is 14.4. The molecule has 1 aliphatic rings. The van der Waals surface area contributed by atoms with Gasteiger partial charge in [0.1, 0.15) is 5.75 Å². The molecule has 7 rings (SSSR count). The van der Waals surface area contributed by atoms with Crippen LogP contribution in [0, 0.1) is 22.7 Å². The fourth-order valence-electron chi connectivity index (χ4n) is 5.30. The number of nitrogens with zero attached hydrogens (tertiary/aromatic N) is 7. The first-order valence-corrected chi connectivity index (χ1v) is 14.4. The summed E-state index contributed by atoms with van der Waals surface area (Å²) in [7, 11) is 4.10. The molecule has 46 heavy (non-hydrogen) atoms. The summed E-state index contributed by atoms with van der Waals surface area (Å²) in [5, 5.41) is 18.5. The van der Waals surface area contributed by atoms with Crippen molar-refractivity contribution < 1.29 is 9.47 Å². The van der Waals surface area contributed by atoms with Crippen molar-refractivity contribution in [2.75, 3.05) is 23.9 Å². The second-order valence-corrected chi connectivity index (χ2v) is 10.6. The first kappa shape index (κ1) is 28.1. The summed E-state index contributed by atoms with van der Waals surface area (Å²) in [6.45, 7) is 0. The van der Waals surface area contributed by atoms with Crippen LogP contribution >= 0.6 is 0 Å². The lowest BCUT2D eigenvalue weighted by molar-refractivity contribution is 0.398. The zero-order valence-corrected chi connectivity index (χ0v) is 24.9. The van der Waals surface area contributed by atoms with Gasteiger partial charge in [-0.3, -0.25) is 0 Å². The molecule has 5 aromatic carbocycles. The Morgan fingerprint density at radius 1 is 0.522 bits per heavy atom. The average molecular weight is 600 g/mol. The van der Waals surface area contributed by atoms with Gasteiger partial charge in [0.25, 0.3) is 0 Å². The van der Waals surface area contributed by atoms with Crippen LogP contribution in [0.3, 0.4) is 0 Å². The van der Waals surface area contributed by atoms with Crippen LogP contribution in [0.25, 0.3) is 22.8 Å². The summed E-state index contributed by atoms with van der Waals surface area (Å²) >= 11 is 0. The molecule has 6 aromatic rings. The van der Waals surface area contributed by atoms with Gasteiger partial charge in [-0.1, -0.05) is 24.3 Å². The SMILES string of the molecule is CN1c2ccccc2N(C)c2cc(Oc3ccccc3Oc3nc(-c4ccc(C#N)cc4)nc(-c4ccc(C#N)cc4)n3)ccc21. The standard InChI is InChI=1S/C37H25N7O2/c1-43-29-7-3-4-8-30(29)44(2)32-21-28(19-20-31(32)43)45-33-9-5-6-10-34(33)46-37-41-35(26-15-11-24(22-38)12-16-26)40-36(42-37)27-17-13-25(23-39)14-18-27/h3-21H,1-2H3. The van der Waals surface area contributed by atoms with Gasteiger partial charge in [-0.2, -0.15) is 20.5 Å². The summed E-state index contributed by atoms with van der Waals surface area (Å²) in [4.78, 5) is 18.2. The third kappa shape index (κ3) is 5.30. The number of ether oxygens (including phenoxy) is 2. The van der Waals surface area contributed by atoms with Crippen LogP contribution in [0.4, 0.5) is 22.7 Å². The van der Waals surface area contributed by atoms with Gasteiger partial charge in [0.15, 0.2) is 23.1 Å². The van der Waals surface area contributed by atoms with E-state index in [9.17, 15) is 10.5 Å². The highest BCUT2D eigenvalue weighted by Crippen LogP contribution is 2.48. The molecule has 0 unspecified atom stereocenters. The van der Waals surface area contributed by atoms with Crippen molar-refractivity contribution >= 4 is 22.7 Å². The normalized spacial score (nSPS) is 11.6.